The molecule has 14 heavy (non-hydrogen) atoms. The van der Waals surface area contributed by atoms with Gasteiger partial charge in [-0.3, -0.25) is 10.1 Å². The number of nitro benzene ring substituents is 1. The van der Waals surface area contributed by atoms with Crippen molar-refractivity contribution in [2.75, 3.05) is 0 Å². The van der Waals surface area contributed by atoms with Gasteiger partial charge >= 0.3 is 0 Å². The number of hydrogen-bond donors (Lipinski definition) is 0. The van der Waals surface area contributed by atoms with Crippen molar-refractivity contribution in [3.8, 4) is 0 Å². The van der Waals surface area contributed by atoms with Crippen LogP contribution in [0.3, 0.4) is 0 Å². The molecule has 0 aromatic heterocycles. The first kappa shape index (κ1) is 10.6. The Labute approximate surface area is 80.1 Å². The van der Waals surface area contributed by atoms with E-state index in [2.05, 4.69) is 0 Å². The van der Waals surface area contributed by atoms with E-state index in [0.29, 0.717) is 0 Å². The van der Waals surface area contributed by atoms with Gasteiger partial charge in [-0.1, -0.05) is 0 Å². The van der Waals surface area contributed by atoms with Crippen LogP contribution in [0.15, 0.2) is 23.1 Å². The van der Waals surface area contributed by atoms with Gasteiger partial charge in [-0.05, 0) is 19.1 Å². The second kappa shape index (κ2) is 3.35. The highest BCUT2D eigenvalue weighted by Gasteiger charge is 2.12. The Kier molecular flexibility index (Phi) is 2.54. The van der Waals surface area contributed by atoms with Gasteiger partial charge in [0.1, 0.15) is 10.1 Å². The Morgan fingerprint density at radius 3 is 2.29 bits per heavy atom. The van der Waals surface area contributed by atoms with Crippen LogP contribution in [0.5, 0.6) is 0 Å². The summed E-state index contributed by atoms with van der Waals surface area (Å²) >= 11 is 0. The van der Waals surface area contributed by atoms with E-state index in [9.17, 15) is 23.1 Å². The van der Waals surface area contributed by atoms with E-state index >= 15 is 0 Å². The van der Waals surface area contributed by atoms with Crippen molar-refractivity contribution in [2.24, 2.45) is 0 Å². The van der Waals surface area contributed by atoms with Crippen LogP contribution in [0, 0.1) is 17.0 Å². The zero-order valence-corrected chi connectivity index (χ0v) is 7.95. The van der Waals surface area contributed by atoms with Crippen LogP contribution in [-0.4, -0.2) is 17.9 Å². The zero-order valence-electron chi connectivity index (χ0n) is 7.13. The lowest BCUT2D eigenvalue weighted by Crippen LogP contribution is -2.00. The molecule has 0 bridgehead atoms. The normalized spacial score (nSPS) is 11.3. The molecule has 0 aliphatic rings. The van der Waals surface area contributed by atoms with Crippen LogP contribution in [0.25, 0.3) is 0 Å². The summed E-state index contributed by atoms with van der Waals surface area (Å²) < 4.78 is 31.6. The predicted molar refractivity (Wildman–Crippen MR) is 45.8 cm³/mol. The molecular formula is C7H6NO5S-. The summed E-state index contributed by atoms with van der Waals surface area (Å²) in [5.41, 5.74) is -0.0654. The molecule has 0 heterocycles. The average molecular weight is 216 g/mol. The third kappa shape index (κ3) is 2.06. The molecule has 1 aromatic carbocycles. The molecule has 0 unspecified atom stereocenters. The number of rotatable bonds is 2. The fourth-order valence-corrected chi connectivity index (χ4v) is 1.54. The van der Waals surface area contributed by atoms with E-state index in [0.717, 1.165) is 18.2 Å². The molecule has 0 aliphatic carbocycles. The molecule has 0 saturated heterocycles. The maximum Gasteiger partial charge on any atom is 0.272 e. The van der Waals surface area contributed by atoms with Crippen molar-refractivity contribution in [1.82, 2.24) is 0 Å². The summed E-state index contributed by atoms with van der Waals surface area (Å²) in [6, 6.07) is 2.91. The third-order valence-electron chi connectivity index (χ3n) is 1.65. The van der Waals surface area contributed by atoms with Crippen molar-refractivity contribution in [3.05, 3.63) is 33.9 Å². The molecule has 76 valence electrons. The van der Waals surface area contributed by atoms with E-state index in [1.54, 1.807) is 0 Å². The number of aryl methyl sites for hydroxylation is 1. The number of nitro groups is 1. The fraction of sp³-hybridized carbons (Fsp3) is 0.143. The quantitative estimate of drug-likeness (QED) is 0.413. The van der Waals surface area contributed by atoms with Crippen molar-refractivity contribution in [2.45, 2.75) is 11.8 Å². The first-order valence-electron chi connectivity index (χ1n) is 3.53. The Hall–Kier alpha value is -1.47. The molecule has 0 N–H and O–H groups in total. The monoisotopic (exact) mass is 216 g/mol. The highest BCUT2D eigenvalue weighted by Crippen LogP contribution is 2.20. The number of nitrogens with zero attached hydrogens (tertiary/aromatic N) is 1. The molecule has 0 saturated carbocycles. The van der Waals surface area contributed by atoms with E-state index in [1.165, 1.54) is 6.92 Å². The summed E-state index contributed by atoms with van der Waals surface area (Å²) in [4.78, 5) is 9.26. The van der Waals surface area contributed by atoms with E-state index in [-0.39, 0.29) is 11.3 Å². The second-order valence-corrected chi connectivity index (χ2v) is 4.04. The van der Waals surface area contributed by atoms with Gasteiger partial charge < -0.3 is 4.55 Å². The topological polar surface area (TPSA) is 100 Å². The molecular weight excluding hydrogens is 210 g/mol. The van der Waals surface area contributed by atoms with Crippen LogP contribution in [-0.2, 0) is 10.1 Å². The SMILES string of the molecule is Cc1cc(S(=O)(=O)[O-])ccc1[N+](=O)[O-]. The minimum Gasteiger partial charge on any atom is -0.744 e. The molecule has 0 amide bonds. The lowest BCUT2D eigenvalue weighted by atomic mass is 10.2. The molecule has 7 heteroatoms. The highest BCUT2D eigenvalue weighted by atomic mass is 32.2. The van der Waals surface area contributed by atoms with Crippen LogP contribution in [0.2, 0.25) is 0 Å². The minimum absolute atomic E-state index is 0.145. The largest absolute Gasteiger partial charge is 0.744 e. The molecule has 0 fully saturated rings. The molecule has 1 rings (SSSR count). The Balaban J connectivity index is 3.34. The zero-order chi connectivity index (χ0) is 10.9. The highest BCUT2D eigenvalue weighted by molar-refractivity contribution is 7.85. The summed E-state index contributed by atoms with van der Waals surface area (Å²) in [7, 11) is -4.54. The lowest BCUT2D eigenvalue weighted by molar-refractivity contribution is -0.385. The van der Waals surface area contributed by atoms with Gasteiger partial charge in [0.15, 0.2) is 0 Å². The maximum absolute atomic E-state index is 10.5. The number of benzene rings is 1. The first-order chi connectivity index (χ1) is 6.32. The van der Waals surface area contributed by atoms with Crippen LogP contribution >= 0.6 is 0 Å². The number of hydrogen-bond acceptors (Lipinski definition) is 5. The van der Waals surface area contributed by atoms with Gasteiger partial charge in [0.05, 0.1) is 9.82 Å². The van der Waals surface area contributed by atoms with Crippen molar-refractivity contribution >= 4 is 15.8 Å². The van der Waals surface area contributed by atoms with Gasteiger partial charge in [0.2, 0.25) is 0 Å². The van der Waals surface area contributed by atoms with Crippen LogP contribution < -0.4 is 0 Å². The standard InChI is InChI=1S/C7H7NO5S/c1-5-4-6(14(11,12)13)2-3-7(5)8(9)10/h2-4H,1H3,(H,11,12,13)/p-1. The van der Waals surface area contributed by atoms with Gasteiger partial charge in [0, 0.05) is 11.6 Å². The Morgan fingerprint density at radius 2 is 1.93 bits per heavy atom. The summed E-state index contributed by atoms with van der Waals surface area (Å²) in [5.74, 6) is 0. The van der Waals surface area contributed by atoms with Crippen molar-refractivity contribution in [1.29, 1.82) is 0 Å². The van der Waals surface area contributed by atoms with Gasteiger partial charge in [-0.2, -0.15) is 0 Å². The maximum atomic E-state index is 10.5. The molecule has 0 spiro atoms. The van der Waals surface area contributed by atoms with Crippen molar-refractivity contribution < 1.29 is 17.9 Å². The Morgan fingerprint density at radius 1 is 1.36 bits per heavy atom. The van der Waals surface area contributed by atoms with E-state index in [4.69, 9.17) is 0 Å². The van der Waals surface area contributed by atoms with Crippen molar-refractivity contribution in [3.63, 3.8) is 0 Å². The third-order valence-corrected chi connectivity index (χ3v) is 2.48. The van der Waals surface area contributed by atoms with E-state index < -0.39 is 19.9 Å². The first-order valence-corrected chi connectivity index (χ1v) is 4.94. The van der Waals surface area contributed by atoms with Gasteiger partial charge in [0.25, 0.3) is 5.69 Å². The fourth-order valence-electron chi connectivity index (χ4n) is 0.988. The molecule has 6 nitrogen and oxygen atoms in total. The summed E-state index contributed by atoms with van der Waals surface area (Å²) in [6.07, 6.45) is 0. The van der Waals surface area contributed by atoms with Gasteiger partial charge in [-0.15, -0.1) is 0 Å². The van der Waals surface area contributed by atoms with E-state index in [1.807, 2.05) is 0 Å². The lowest BCUT2D eigenvalue weighted by Gasteiger charge is -2.07. The van der Waals surface area contributed by atoms with Crippen LogP contribution in [0.4, 0.5) is 5.69 Å². The molecule has 0 radical (unpaired) electrons. The minimum atomic E-state index is -4.54. The summed E-state index contributed by atoms with van der Waals surface area (Å²) in [5, 5.41) is 10.4. The second-order valence-electron chi connectivity index (χ2n) is 2.66. The smallest absolute Gasteiger partial charge is 0.272 e. The molecule has 0 atom stereocenters. The molecule has 0 aliphatic heterocycles. The Bertz CT molecular complexity index is 479. The summed E-state index contributed by atoms with van der Waals surface area (Å²) in [6.45, 7) is 1.37. The molecule has 1 aromatic rings. The average Bonchev–Trinajstić information content (AvgIpc) is 2.01. The van der Waals surface area contributed by atoms with Crippen LogP contribution in [0.1, 0.15) is 5.56 Å². The predicted octanol–water partition coefficient (Wildman–Crippen LogP) is 0.807. The van der Waals surface area contributed by atoms with Gasteiger partial charge in [-0.25, -0.2) is 8.42 Å².